The van der Waals surface area contributed by atoms with Gasteiger partial charge in [-0.15, -0.1) is 0 Å². The van der Waals surface area contributed by atoms with Gasteiger partial charge in [-0.2, -0.15) is 0 Å². The van der Waals surface area contributed by atoms with E-state index in [-0.39, 0.29) is 18.6 Å². The minimum Gasteiger partial charge on any atom is -0.452 e. The number of ether oxygens (including phenoxy) is 1. The van der Waals surface area contributed by atoms with Gasteiger partial charge in [0.25, 0.3) is 5.91 Å². The van der Waals surface area contributed by atoms with Crippen LogP contribution in [-0.2, 0) is 16.0 Å². The highest BCUT2D eigenvalue weighted by molar-refractivity contribution is 5.92. The van der Waals surface area contributed by atoms with E-state index in [4.69, 9.17) is 4.74 Å². The molecule has 0 spiro atoms. The lowest BCUT2D eigenvalue weighted by Gasteiger charge is -2.14. The van der Waals surface area contributed by atoms with E-state index in [1.165, 1.54) is 29.8 Å². The zero-order chi connectivity index (χ0) is 16.9. The summed E-state index contributed by atoms with van der Waals surface area (Å²) in [5, 5.41) is 2.90. The molecule has 1 aliphatic rings. The van der Waals surface area contributed by atoms with Gasteiger partial charge in [-0.25, -0.2) is 4.79 Å². The molecule has 5 nitrogen and oxygen atoms in total. The topological polar surface area (TPSA) is 72.5 Å². The lowest BCUT2D eigenvalue weighted by atomic mass is 10.1. The Bertz CT molecular complexity index is 767. The SMILES string of the molecule is O=Cc1ccc(C(=O)OCC(=O)NC2CCc3ccccc32)cc1. The van der Waals surface area contributed by atoms with Crippen LogP contribution in [0.1, 0.15) is 44.3 Å². The third-order valence-corrected chi connectivity index (χ3v) is 4.08. The molecule has 0 saturated heterocycles. The molecule has 1 atom stereocenters. The van der Waals surface area contributed by atoms with E-state index in [0.717, 1.165) is 18.4 Å². The van der Waals surface area contributed by atoms with Crippen molar-refractivity contribution in [2.75, 3.05) is 6.61 Å². The lowest BCUT2D eigenvalue weighted by Crippen LogP contribution is -2.31. The molecule has 1 aliphatic carbocycles. The Morgan fingerprint density at radius 1 is 1.12 bits per heavy atom. The number of carbonyl (C=O) groups excluding carboxylic acids is 3. The second-order valence-electron chi connectivity index (χ2n) is 5.67. The predicted octanol–water partition coefficient (Wildman–Crippen LogP) is 2.46. The summed E-state index contributed by atoms with van der Waals surface area (Å²) in [7, 11) is 0. The number of nitrogens with one attached hydrogen (secondary N) is 1. The fourth-order valence-electron chi connectivity index (χ4n) is 2.86. The van der Waals surface area contributed by atoms with E-state index in [9.17, 15) is 14.4 Å². The first-order chi connectivity index (χ1) is 11.7. The van der Waals surface area contributed by atoms with Crippen LogP contribution in [-0.4, -0.2) is 24.8 Å². The molecule has 1 unspecified atom stereocenters. The molecule has 0 saturated carbocycles. The summed E-state index contributed by atoms with van der Waals surface area (Å²) in [6.45, 7) is -0.326. The zero-order valence-electron chi connectivity index (χ0n) is 13.0. The minimum atomic E-state index is -0.588. The molecule has 1 amide bonds. The van der Waals surface area contributed by atoms with E-state index in [2.05, 4.69) is 11.4 Å². The van der Waals surface area contributed by atoms with Gasteiger partial charge in [-0.3, -0.25) is 9.59 Å². The van der Waals surface area contributed by atoms with Gasteiger partial charge in [0.1, 0.15) is 6.29 Å². The molecule has 0 bridgehead atoms. The lowest BCUT2D eigenvalue weighted by molar-refractivity contribution is -0.125. The van der Waals surface area contributed by atoms with E-state index < -0.39 is 5.97 Å². The van der Waals surface area contributed by atoms with Crippen LogP contribution < -0.4 is 5.32 Å². The van der Waals surface area contributed by atoms with Gasteiger partial charge in [-0.1, -0.05) is 36.4 Å². The Balaban J connectivity index is 1.52. The summed E-state index contributed by atoms with van der Waals surface area (Å²) in [5.41, 5.74) is 3.15. The van der Waals surface area contributed by atoms with Gasteiger partial charge >= 0.3 is 5.97 Å². The fraction of sp³-hybridized carbons (Fsp3) is 0.211. The Labute approximate surface area is 139 Å². The van der Waals surface area contributed by atoms with Gasteiger partial charge < -0.3 is 10.1 Å². The second-order valence-corrected chi connectivity index (χ2v) is 5.67. The molecule has 0 heterocycles. The van der Waals surface area contributed by atoms with Crippen molar-refractivity contribution in [3.05, 3.63) is 70.8 Å². The molecule has 0 fully saturated rings. The maximum Gasteiger partial charge on any atom is 0.338 e. The third kappa shape index (κ3) is 3.51. The van der Waals surface area contributed by atoms with Gasteiger partial charge in [0.15, 0.2) is 6.61 Å². The number of aryl methyl sites for hydroxylation is 1. The summed E-state index contributed by atoms with van der Waals surface area (Å²) < 4.78 is 5.02. The van der Waals surface area contributed by atoms with Crippen molar-refractivity contribution in [1.82, 2.24) is 5.32 Å². The molecule has 0 aliphatic heterocycles. The monoisotopic (exact) mass is 323 g/mol. The average Bonchev–Trinajstić information content (AvgIpc) is 3.03. The van der Waals surface area contributed by atoms with Gasteiger partial charge in [-0.05, 0) is 36.1 Å². The van der Waals surface area contributed by atoms with Crippen molar-refractivity contribution in [3.8, 4) is 0 Å². The van der Waals surface area contributed by atoms with Crippen LogP contribution in [0.25, 0.3) is 0 Å². The number of fused-ring (bicyclic) bond motifs is 1. The highest BCUT2D eigenvalue weighted by atomic mass is 16.5. The van der Waals surface area contributed by atoms with Crippen LogP contribution in [0.4, 0.5) is 0 Å². The number of hydrogen-bond donors (Lipinski definition) is 1. The van der Waals surface area contributed by atoms with E-state index in [0.29, 0.717) is 17.4 Å². The smallest absolute Gasteiger partial charge is 0.338 e. The zero-order valence-corrected chi connectivity index (χ0v) is 13.0. The molecule has 2 aromatic rings. The van der Waals surface area contributed by atoms with Gasteiger partial charge in [0.05, 0.1) is 11.6 Å². The van der Waals surface area contributed by atoms with Crippen LogP contribution in [0.5, 0.6) is 0 Å². The Morgan fingerprint density at radius 3 is 2.62 bits per heavy atom. The van der Waals surface area contributed by atoms with Crippen LogP contribution in [0.15, 0.2) is 48.5 Å². The second kappa shape index (κ2) is 7.08. The molecular formula is C19H17NO4. The van der Waals surface area contributed by atoms with Crippen LogP contribution in [0.2, 0.25) is 0 Å². The highest BCUT2D eigenvalue weighted by Gasteiger charge is 2.23. The Morgan fingerprint density at radius 2 is 1.88 bits per heavy atom. The number of amides is 1. The number of aldehydes is 1. The number of hydrogen-bond acceptors (Lipinski definition) is 4. The van der Waals surface area contributed by atoms with Crippen LogP contribution in [0, 0.1) is 0 Å². The van der Waals surface area contributed by atoms with Crippen molar-refractivity contribution in [3.63, 3.8) is 0 Å². The summed E-state index contributed by atoms with van der Waals surface area (Å²) in [6.07, 6.45) is 2.48. The van der Waals surface area contributed by atoms with Crippen LogP contribution >= 0.6 is 0 Å². The van der Waals surface area contributed by atoms with E-state index in [1.54, 1.807) is 0 Å². The first kappa shape index (κ1) is 15.9. The fourth-order valence-corrected chi connectivity index (χ4v) is 2.86. The normalized spacial score (nSPS) is 15.4. The molecule has 24 heavy (non-hydrogen) atoms. The quantitative estimate of drug-likeness (QED) is 0.678. The third-order valence-electron chi connectivity index (χ3n) is 4.08. The largest absolute Gasteiger partial charge is 0.452 e. The molecule has 0 aromatic heterocycles. The predicted molar refractivity (Wildman–Crippen MR) is 87.8 cm³/mol. The summed E-state index contributed by atoms with van der Waals surface area (Å²) >= 11 is 0. The Hall–Kier alpha value is -2.95. The average molecular weight is 323 g/mol. The molecule has 5 heteroatoms. The molecule has 2 aromatic carbocycles. The Kier molecular flexibility index (Phi) is 4.70. The minimum absolute atomic E-state index is 0.0284. The molecule has 3 rings (SSSR count). The van der Waals surface area contributed by atoms with Crippen molar-refractivity contribution >= 4 is 18.2 Å². The van der Waals surface area contributed by atoms with Gasteiger partial charge in [0.2, 0.25) is 0 Å². The summed E-state index contributed by atoms with van der Waals surface area (Å²) in [6, 6.07) is 14.0. The van der Waals surface area contributed by atoms with Crippen LogP contribution in [0.3, 0.4) is 0 Å². The number of benzene rings is 2. The first-order valence-corrected chi connectivity index (χ1v) is 7.77. The van der Waals surface area contributed by atoms with Crippen molar-refractivity contribution in [1.29, 1.82) is 0 Å². The summed E-state index contributed by atoms with van der Waals surface area (Å²) in [4.78, 5) is 34.5. The summed E-state index contributed by atoms with van der Waals surface area (Å²) in [5.74, 6) is -0.913. The number of rotatable bonds is 5. The number of carbonyl (C=O) groups is 3. The van der Waals surface area contributed by atoms with Crippen molar-refractivity contribution in [2.24, 2.45) is 0 Å². The molecular weight excluding hydrogens is 306 g/mol. The molecule has 0 radical (unpaired) electrons. The molecule has 1 N–H and O–H groups in total. The van der Waals surface area contributed by atoms with E-state index >= 15 is 0 Å². The first-order valence-electron chi connectivity index (χ1n) is 7.77. The maximum atomic E-state index is 12.0. The van der Waals surface area contributed by atoms with Crippen molar-refractivity contribution in [2.45, 2.75) is 18.9 Å². The maximum absolute atomic E-state index is 12.0. The molecule has 122 valence electrons. The standard InChI is InChI=1S/C19H17NO4/c21-11-13-5-7-15(8-6-13)19(23)24-12-18(22)20-17-10-9-14-3-1-2-4-16(14)17/h1-8,11,17H,9-10,12H2,(H,20,22). The van der Waals surface area contributed by atoms with E-state index in [1.807, 2.05) is 18.2 Å². The van der Waals surface area contributed by atoms with Gasteiger partial charge in [0, 0.05) is 5.56 Å². The highest BCUT2D eigenvalue weighted by Crippen LogP contribution is 2.30. The number of esters is 1. The van der Waals surface area contributed by atoms with Crippen molar-refractivity contribution < 1.29 is 19.1 Å².